The van der Waals surface area contributed by atoms with Crippen molar-refractivity contribution in [2.24, 2.45) is 0 Å². The fourth-order valence-corrected chi connectivity index (χ4v) is 4.32. The van der Waals surface area contributed by atoms with Crippen LogP contribution < -0.4 is 5.32 Å². The summed E-state index contributed by atoms with van der Waals surface area (Å²) >= 11 is 0. The van der Waals surface area contributed by atoms with Gasteiger partial charge in [-0.15, -0.1) is 0 Å². The number of piperidine rings is 1. The summed E-state index contributed by atoms with van der Waals surface area (Å²) < 4.78 is 14.6. The predicted octanol–water partition coefficient (Wildman–Crippen LogP) is 1.79. The molecule has 1 atom stereocenters. The first-order valence-corrected chi connectivity index (χ1v) is 10.2. The molecule has 1 N–H and O–H groups in total. The largest absolute Gasteiger partial charge is 0.325 e. The highest BCUT2D eigenvalue weighted by Crippen LogP contribution is 2.34. The molecule has 158 valence electrons. The number of pyridine rings is 1. The van der Waals surface area contributed by atoms with Crippen LogP contribution in [0.1, 0.15) is 38.3 Å². The highest BCUT2D eigenvalue weighted by atomic mass is 19.1. The van der Waals surface area contributed by atoms with Gasteiger partial charge in [0.15, 0.2) is 11.6 Å². The van der Waals surface area contributed by atoms with E-state index in [-0.39, 0.29) is 17.9 Å². The van der Waals surface area contributed by atoms with Crippen LogP contribution in [0.2, 0.25) is 0 Å². The zero-order valence-corrected chi connectivity index (χ0v) is 17.1. The third-order valence-electron chi connectivity index (χ3n) is 6.00. The van der Waals surface area contributed by atoms with E-state index in [0.717, 1.165) is 11.8 Å². The molecule has 2 aliphatic heterocycles. The van der Waals surface area contributed by atoms with Gasteiger partial charge >= 0.3 is 0 Å². The molecule has 0 unspecified atom stereocenters. The Morgan fingerprint density at radius 1 is 1.23 bits per heavy atom. The van der Waals surface area contributed by atoms with Crippen molar-refractivity contribution in [2.75, 3.05) is 19.6 Å². The minimum atomic E-state index is -0.838. The third-order valence-corrected chi connectivity index (χ3v) is 6.00. The Labute approximate surface area is 174 Å². The van der Waals surface area contributed by atoms with Gasteiger partial charge in [0.2, 0.25) is 5.91 Å². The number of halogens is 1. The minimum absolute atomic E-state index is 0.0707. The standard InChI is InChI=1S/C21H25FN6O2/c1-3-27-19(29)6-11-26(20(30)21(27)7-9-23-10-8-21)15(2)16-4-5-18(24-12-16)28-14-17(22)13-25-28/h4-6,11-15,23H,3,7-10H2,1-2H3/t15-/m0/s1. The van der Waals surface area contributed by atoms with E-state index < -0.39 is 11.4 Å². The average Bonchev–Trinajstić information content (AvgIpc) is 3.17. The van der Waals surface area contributed by atoms with E-state index in [9.17, 15) is 14.0 Å². The molecule has 2 aromatic heterocycles. The van der Waals surface area contributed by atoms with Gasteiger partial charge in [0.05, 0.1) is 18.4 Å². The van der Waals surface area contributed by atoms with Crippen molar-refractivity contribution in [2.45, 2.75) is 38.3 Å². The van der Waals surface area contributed by atoms with E-state index in [0.29, 0.717) is 38.3 Å². The number of rotatable bonds is 4. The van der Waals surface area contributed by atoms with Gasteiger partial charge in [-0.25, -0.2) is 14.1 Å². The molecular formula is C21H25FN6O2. The molecule has 0 aliphatic carbocycles. The first-order chi connectivity index (χ1) is 14.5. The molecule has 0 bridgehead atoms. The molecule has 2 aliphatic rings. The summed E-state index contributed by atoms with van der Waals surface area (Å²) in [5.74, 6) is -0.169. The quantitative estimate of drug-likeness (QED) is 0.828. The van der Waals surface area contributed by atoms with E-state index in [1.165, 1.54) is 17.0 Å². The van der Waals surface area contributed by atoms with E-state index in [4.69, 9.17) is 0 Å². The minimum Gasteiger partial charge on any atom is -0.325 e. The molecule has 2 amide bonds. The van der Waals surface area contributed by atoms with Gasteiger partial charge in [-0.2, -0.15) is 5.10 Å². The van der Waals surface area contributed by atoms with Crippen LogP contribution >= 0.6 is 0 Å². The SMILES string of the molecule is CCN1C(=O)C=CN([C@@H](C)c2ccc(-n3cc(F)cn3)nc2)C(=O)C12CCNCC2. The lowest BCUT2D eigenvalue weighted by molar-refractivity contribution is -0.152. The lowest BCUT2D eigenvalue weighted by Gasteiger charge is -2.45. The molecule has 1 spiro atoms. The first kappa shape index (κ1) is 20.2. The van der Waals surface area contributed by atoms with Crippen molar-refractivity contribution >= 4 is 11.8 Å². The van der Waals surface area contributed by atoms with E-state index >= 15 is 0 Å². The number of amides is 2. The van der Waals surface area contributed by atoms with Crippen LogP contribution in [-0.4, -0.2) is 61.6 Å². The Balaban J connectivity index is 1.64. The van der Waals surface area contributed by atoms with Gasteiger partial charge in [0, 0.05) is 25.0 Å². The molecule has 4 rings (SSSR count). The normalized spacial score (nSPS) is 20.0. The second-order valence-corrected chi connectivity index (χ2v) is 7.62. The fourth-order valence-electron chi connectivity index (χ4n) is 4.32. The van der Waals surface area contributed by atoms with Gasteiger partial charge in [0.25, 0.3) is 5.91 Å². The van der Waals surface area contributed by atoms with Crippen LogP contribution in [0.3, 0.4) is 0 Å². The van der Waals surface area contributed by atoms with Crippen LogP contribution in [-0.2, 0) is 9.59 Å². The van der Waals surface area contributed by atoms with E-state index in [2.05, 4.69) is 15.4 Å². The summed E-state index contributed by atoms with van der Waals surface area (Å²) in [5, 5.41) is 7.19. The van der Waals surface area contributed by atoms with Gasteiger partial charge in [-0.3, -0.25) is 9.59 Å². The zero-order chi connectivity index (χ0) is 21.3. The molecule has 0 aromatic carbocycles. The molecule has 2 aromatic rings. The molecule has 1 fully saturated rings. The summed E-state index contributed by atoms with van der Waals surface area (Å²) in [7, 11) is 0. The fraction of sp³-hybridized carbons (Fsp3) is 0.429. The van der Waals surface area contributed by atoms with Crippen molar-refractivity contribution in [3.8, 4) is 5.82 Å². The molecule has 8 nitrogen and oxygen atoms in total. The summed E-state index contributed by atoms with van der Waals surface area (Å²) in [6.07, 6.45) is 8.25. The molecule has 0 saturated carbocycles. The van der Waals surface area contributed by atoms with Crippen molar-refractivity contribution < 1.29 is 14.0 Å². The predicted molar refractivity (Wildman–Crippen MR) is 108 cm³/mol. The van der Waals surface area contributed by atoms with Gasteiger partial charge in [0.1, 0.15) is 5.54 Å². The Morgan fingerprint density at radius 3 is 2.60 bits per heavy atom. The Bertz CT molecular complexity index is 964. The van der Waals surface area contributed by atoms with Gasteiger partial charge in [-0.1, -0.05) is 6.07 Å². The van der Waals surface area contributed by atoms with Gasteiger partial charge < -0.3 is 15.1 Å². The van der Waals surface area contributed by atoms with Crippen molar-refractivity contribution in [3.63, 3.8) is 0 Å². The van der Waals surface area contributed by atoms with Gasteiger partial charge in [-0.05, 0) is 51.4 Å². The molecule has 1 saturated heterocycles. The third kappa shape index (κ3) is 3.39. The number of likely N-dealkylation sites (N-methyl/N-ethyl adjacent to an activating group) is 1. The Kier molecular flexibility index (Phi) is 5.38. The Morgan fingerprint density at radius 2 is 2.00 bits per heavy atom. The highest BCUT2D eigenvalue weighted by molar-refractivity contribution is 5.98. The maximum Gasteiger partial charge on any atom is 0.253 e. The first-order valence-electron chi connectivity index (χ1n) is 10.2. The van der Waals surface area contributed by atoms with Crippen molar-refractivity contribution in [1.82, 2.24) is 29.9 Å². The molecular weight excluding hydrogens is 387 g/mol. The average molecular weight is 412 g/mol. The number of hydrogen-bond acceptors (Lipinski definition) is 5. The van der Waals surface area contributed by atoms with Crippen LogP contribution in [0.25, 0.3) is 5.82 Å². The van der Waals surface area contributed by atoms with Crippen LogP contribution in [0.15, 0.2) is 43.0 Å². The summed E-state index contributed by atoms with van der Waals surface area (Å²) in [6, 6.07) is 3.25. The van der Waals surface area contributed by atoms with Crippen molar-refractivity contribution in [1.29, 1.82) is 0 Å². The van der Waals surface area contributed by atoms with E-state index in [1.807, 2.05) is 19.9 Å². The molecule has 0 radical (unpaired) electrons. The number of carbonyl (C=O) groups excluding carboxylic acids is 2. The van der Waals surface area contributed by atoms with Crippen LogP contribution in [0, 0.1) is 5.82 Å². The maximum absolute atomic E-state index is 13.7. The number of carbonyl (C=O) groups is 2. The molecule has 9 heteroatoms. The molecule has 30 heavy (non-hydrogen) atoms. The van der Waals surface area contributed by atoms with E-state index in [1.54, 1.807) is 28.3 Å². The summed E-state index contributed by atoms with van der Waals surface area (Å²) in [6.45, 7) is 5.67. The second-order valence-electron chi connectivity index (χ2n) is 7.62. The van der Waals surface area contributed by atoms with Crippen LogP contribution in [0.4, 0.5) is 4.39 Å². The molecule has 4 heterocycles. The van der Waals surface area contributed by atoms with Crippen molar-refractivity contribution in [3.05, 3.63) is 54.4 Å². The monoisotopic (exact) mass is 412 g/mol. The summed E-state index contributed by atoms with van der Waals surface area (Å²) in [5.41, 5.74) is -0.0275. The lowest BCUT2D eigenvalue weighted by Crippen LogP contribution is -2.63. The topological polar surface area (TPSA) is 83.4 Å². The Hall–Kier alpha value is -3.07. The highest BCUT2D eigenvalue weighted by Gasteiger charge is 2.49. The second kappa shape index (κ2) is 7.98. The zero-order valence-electron chi connectivity index (χ0n) is 17.1. The number of nitrogens with zero attached hydrogens (tertiary/aromatic N) is 5. The van der Waals surface area contributed by atoms with Crippen LogP contribution in [0.5, 0.6) is 0 Å². The lowest BCUT2D eigenvalue weighted by atomic mass is 9.84. The maximum atomic E-state index is 13.7. The smallest absolute Gasteiger partial charge is 0.253 e. The number of nitrogens with one attached hydrogen (secondary N) is 1. The summed E-state index contributed by atoms with van der Waals surface area (Å²) in [4.78, 5) is 34.2. The number of hydrogen-bond donors (Lipinski definition) is 1. The number of aromatic nitrogens is 3.